The van der Waals surface area contributed by atoms with Crippen LogP contribution < -0.4 is 0 Å². The van der Waals surface area contributed by atoms with E-state index in [4.69, 9.17) is 0 Å². The van der Waals surface area contributed by atoms with Gasteiger partial charge in [0.1, 0.15) is 0 Å². The van der Waals surface area contributed by atoms with Gasteiger partial charge in [-0.2, -0.15) is 0 Å². The van der Waals surface area contributed by atoms with Gasteiger partial charge in [0.2, 0.25) is 5.91 Å². The molecule has 1 amide bonds. The largest absolute Gasteiger partial charge is 0.346 e. The lowest BCUT2D eigenvalue weighted by Gasteiger charge is -2.31. The molecule has 0 bridgehead atoms. The predicted octanol–water partition coefficient (Wildman–Crippen LogP) is 2.37. The summed E-state index contributed by atoms with van der Waals surface area (Å²) in [6.07, 6.45) is 5.60. The maximum absolute atomic E-state index is 11.9. The predicted molar refractivity (Wildman–Crippen MR) is 72.0 cm³/mol. The average molecular weight is 240 g/mol. The van der Waals surface area contributed by atoms with Crippen LogP contribution in [0, 0.1) is 5.92 Å². The van der Waals surface area contributed by atoms with Crippen LogP contribution in [0.25, 0.3) is 0 Å². The molecule has 0 N–H and O–H groups in total. The Morgan fingerprint density at radius 3 is 2.88 bits per heavy atom. The highest BCUT2D eigenvalue weighted by atomic mass is 16.2. The molecule has 0 radical (unpaired) electrons. The van der Waals surface area contributed by atoms with E-state index in [1.54, 1.807) is 0 Å². The summed E-state index contributed by atoms with van der Waals surface area (Å²) in [4.78, 5) is 16.2. The van der Waals surface area contributed by atoms with E-state index in [9.17, 15) is 4.79 Å². The minimum Gasteiger partial charge on any atom is -0.346 e. The summed E-state index contributed by atoms with van der Waals surface area (Å²) in [5, 5.41) is 0. The summed E-state index contributed by atoms with van der Waals surface area (Å²) >= 11 is 0. The first-order chi connectivity index (χ1) is 8.13. The Kier molecular flexibility index (Phi) is 6.56. The Labute approximate surface area is 106 Å². The van der Waals surface area contributed by atoms with Crippen LogP contribution in [0.2, 0.25) is 0 Å². The van der Waals surface area contributed by atoms with Gasteiger partial charge in [0.15, 0.2) is 0 Å². The molecule has 1 rings (SSSR count). The minimum absolute atomic E-state index is 0.302. The zero-order chi connectivity index (χ0) is 12.7. The number of piperidine rings is 1. The highest BCUT2D eigenvalue weighted by Crippen LogP contribution is 2.15. The SMILES string of the molecule is CCCCN(C)C(=O)CCN1CCCC(C)C1. The van der Waals surface area contributed by atoms with Crippen molar-refractivity contribution in [1.29, 1.82) is 0 Å². The Bertz CT molecular complexity index is 230. The molecule has 0 spiro atoms. The van der Waals surface area contributed by atoms with E-state index in [-0.39, 0.29) is 0 Å². The zero-order valence-electron chi connectivity index (χ0n) is 11.7. The number of carbonyl (C=O) groups is 1. The van der Waals surface area contributed by atoms with Crippen LogP contribution in [0.4, 0.5) is 0 Å². The van der Waals surface area contributed by atoms with Crippen LogP contribution in [-0.4, -0.2) is 48.9 Å². The van der Waals surface area contributed by atoms with E-state index in [1.165, 1.54) is 25.9 Å². The maximum Gasteiger partial charge on any atom is 0.223 e. The lowest BCUT2D eigenvalue weighted by molar-refractivity contribution is -0.130. The third-order valence-corrected chi connectivity index (χ3v) is 3.66. The summed E-state index contributed by atoms with van der Waals surface area (Å²) < 4.78 is 0. The number of rotatable bonds is 6. The third-order valence-electron chi connectivity index (χ3n) is 3.66. The van der Waals surface area contributed by atoms with Gasteiger partial charge in [-0.1, -0.05) is 20.3 Å². The molecule has 1 aliphatic heterocycles. The average Bonchev–Trinajstić information content (AvgIpc) is 2.33. The Morgan fingerprint density at radius 2 is 2.24 bits per heavy atom. The summed E-state index contributed by atoms with van der Waals surface area (Å²) in [6.45, 7) is 8.67. The first kappa shape index (κ1) is 14.5. The second kappa shape index (κ2) is 7.70. The summed E-state index contributed by atoms with van der Waals surface area (Å²) in [7, 11) is 1.93. The van der Waals surface area contributed by atoms with Crippen LogP contribution >= 0.6 is 0 Å². The van der Waals surface area contributed by atoms with Gasteiger partial charge in [0, 0.05) is 33.1 Å². The number of amides is 1. The van der Waals surface area contributed by atoms with Crippen molar-refractivity contribution in [2.75, 3.05) is 33.2 Å². The van der Waals surface area contributed by atoms with Gasteiger partial charge in [0.25, 0.3) is 0 Å². The van der Waals surface area contributed by atoms with Crippen LogP contribution in [-0.2, 0) is 4.79 Å². The molecule has 0 aromatic heterocycles. The van der Waals surface area contributed by atoms with Crippen molar-refractivity contribution in [2.24, 2.45) is 5.92 Å². The van der Waals surface area contributed by atoms with Crippen molar-refractivity contribution >= 4 is 5.91 Å². The normalized spacial score (nSPS) is 21.5. The molecule has 1 saturated heterocycles. The molecule has 100 valence electrons. The van der Waals surface area contributed by atoms with Gasteiger partial charge in [-0.25, -0.2) is 0 Å². The van der Waals surface area contributed by atoms with Crippen LogP contribution in [0.5, 0.6) is 0 Å². The van der Waals surface area contributed by atoms with Crippen LogP contribution in [0.15, 0.2) is 0 Å². The topological polar surface area (TPSA) is 23.6 Å². The van der Waals surface area contributed by atoms with Gasteiger partial charge < -0.3 is 9.80 Å². The molecule has 3 nitrogen and oxygen atoms in total. The van der Waals surface area contributed by atoms with Crippen molar-refractivity contribution in [1.82, 2.24) is 9.80 Å². The van der Waals surface area contributed by atoms with Crippen LogP contribution in [0.1, 0.15) is 46.0 Å². The molecule has 1 aliphatic rings. The number of hydrogen-bond donors (Lipinski definition) is 0. The van der Waals surface area contributed by atoms with Gasteiger partial charge in [-0.15, -0.1) is 0 Å². The lowest BCUT2D eigenvalue weighted by atomic mass is 10.0. The second-order valence-corrected chi connectivity index (χ2v) is 5.47. The van der Waals surface area contributed by atoms with E-state index in [0.717, 1.165) is 31.8 Å². The second-order valence-electron chi connectivity index (χ2n) is 5.47. The summed E-state index contributed by atoms with van der Waals surface area (Å²) in [6, 6.07) is 0. The molecule has 1 heterocycles. The molecule has 1 atom stereocenters. The Hall–Kier alpha value is -0.570. The summed E-state index contributed by atoms with van der Waals surface area (Å²) in [5.41, 5.74) is 0. The number of nitrogens with zero attached hydrogens (tertiary/aromatic N) is 2. The number of carbonyl (C=O) groups excluding carboxylic acids is 1. The molecule has 3 heteroatoms. The van der Waals surface area contributed by atoms with E-state index < -0.39 is 0 Å². The minimum atomic E-state index is 0.302. The standard InChI is InChI=1S/C14H28N2O/c1-4-5-9-15(3)14(17)8-11-16-10-6-7-13(2)12-16/h13H,4-12H2,1-3H3. The monoisotopic (exact) mass is 240 g/mol. The molecule has 0 aromatic carbocycles. The van der Waals surface area contributed by atoms with Crippen molar-refractivity contribution in [3.8, 4) is 0 Å². The van der Waals surface area contributed by atoms with Gasteiger partial charge >= 0.3 is 0 Å². The van der Waals surface area contributed by atoms with Crippen molar-refractivity contribution < 1.29 is 4.79 Å². The first-order valence-electron chi connectivity index (χ1n) is 7.09. The molecule has 17 heavy (non-hydrogen) atoms. The number of unbranched alkanes of at least 4 members (excludes halogenated alkanes) is 1. The Morgan fingerprint density at radius 1 is 1.47 bits per heavy atom. The highest BCUT2D eigenvalue weighted by Gasteiger charge is 2.17. The number of likely N-dealkylation sites (tertiary alicyclic amines) is 1. The van der Waals surface area contributed by atoms with E-state index in [1.807, 2.05) is 11.9 Å². The fourth-order valence-electron chi connectivity index (χ4n) is 2.45. The van der Waals surface area contributed by atoms with E-state index in [2.05, 4.69) is 18.7 Å². The fraction of sp³-hybridized carbons (Fsp3) is 0.929. The van der Waals surface area contributed by atoms with E-state index >= 15 is 0 Å². The molecule has 0 aliphatic carbocycles. The van der Waals surface area contributed by atoms with Crippen molar-refractivity contribution in [3.63, 3.8) is 0 Å². The third kappa shape index (κ3) is 5.53. The van der Waals surface area contributed by atoms with Gasteiger partial charge in [0.05, 0.1) is 0 Å². The molecular weight excluding hydrogens is 212 g/mol. The van der Waals surface area contributed by atoms with Crippen molar-refractivity contribution in [2.45, 2.75) is 46.0 Å². The quantitative estimate of drug-likeness (QED) is 0.711. The van der Waals surface area contributed by atoms with Crippen molar-refractivity contribution in [3.05, 3.63) is 0 Å². The van der Waals surface area contributed by atoms with Gasteiger partial charge in [-0.3, -0.25) is 4.79 Å². The molecular formula is C14H28N2O. The molecule has 1 fully saturated rings. The van der Waals surface area contributed by atoms with E-state index in [0.29, 0.717) is 12.3 Å². The van der Waals surface area contributed by atoms with Crippen LogP contribution in [0.3, 0.4) is 0 Å². The first-order valence-corrected chi connectivity index (χ1v) is 7.09. The zero-order valence-corrected chi connectivity index (χ0v) is 11.7. The summed E-state index contributed by atoms with van der Waals surface area (Å²) in [5.74, 6) is 1.10. The maximum atomic E-state index is 11.9. The molecule has 1 unspecified atom stereocenters. The Balaban J connectivity index is 2.18. The highest BCUT2D eigenvalue weighted by molar-refractivity contribution is 5.76. The molecule has 0 saturated carbocycles. The molecule has 0 aromatic rings. The number of hydrogen-bond acceptors (Lipinski definition) is 2. The lowest BCUT2D eigenvalue weighted by Crippen LogP contribution is -2.37. The van der Waals surface area contributed by atoms with Gasteiger partial charge in [-0.05, 0) is 31.7 Å². The smallest absolute Gasteiger partial charge is 0.223 e. The fourth-order valence-corrected chi connectivity index (χ4v) is 2.45.